The number of nitrogens with two attached hydrogens (primary N) is 1. The van der Waals surface area contributed by atoms with Crippen LogP contribution < -0.4 is 5.73 Å². The molecule has 0 bridgehead atoms. The van der Waals surface area contributed by atoms with Crippen molar-refractivity contribution in [1.29, 1.82) is 0 Å². The van der Waals surface area contributed by atoms with Crippen LogP contribution in [-0.2, 0) is 0 Å². The first-order valence-corrected chi connectivity index (χ1v) is 3.66. The second-order valence-corrected chi connectivity index (χ2v) is 3.32. The van der Waals surface area contributed by atoms with Crippen LogP contribution in [0.5, 0.6) is 0 Å². The SMILES string of the molecule is [B]C1(C)CCC1CCN. The summed E-state index contributed by atoms with van der Waals surface area (Å²) in [7, 11) is 5.90. The molecular weight excluding hydrogens is 109 g/mol. The second kappa shape index (κ2) is 2.33. The summed E-state index contributed by atoms with van der Waals surface area (Å²) in [5.41, 5.74) is 5.40. The lowest BCUT2D eigenvalue weighted by Crippen LogP contribution is -2.32. The summed E-state index contributed by atoms with van der Waals surface area (Å²) in [4.78, 5) is 0. The van der Waals surface area contributed by atoms with Gasteiger partial charge in [0.15, 0.2) is 0 Å². The topological polar surface area (TPSA) is 26.0 Å². The van der Waals surface area contributed by atoms with Gasteiger partial charge in [0.2, 0.25) is 0 Å². The van der Waals surface area contributed by atoms with E-state index in [1.54, 1.807) is 0 Å². The first-order valence-electron chi connectivity index (χ1n) is 3.66. The van der Waals surface area contributed by atoms with Gasteiger partial charge in [-0.25, -0.2) is 0 Å². The summed E-state index contributed by atoms with van der Waals surface area (Å²) in [5.74, 6) is 0.697. The van der Waals surface area contributed by atoms with Crippen molar-refractivity contribution < 1.29 is 0 Å². The summed E-state index contributed by atoms with van der Waals surface area (Å²) in [5, 5.41) is 0.110. The normalized spacial score (nSPS) is 42.2. The number of hydrogen-bond donors (Lipinski definition) is 1. The van der Waals surface area contributed by atoms with Gasteiger partial charge in [-0.3, -0.25) is 0 Å². The van der Waals surface area contributed by atoms with Gasteiger partial charge < -0.3 is 5.73 Å². The van der Waals surface area contributed by atoms with Crippen molar-refractivity contribution in [3.63, 3.8) is 0 Å². The molecule has 0 amide bonds. The predicted octanol–water partition coefficient (Wildman–Crippen LogP) is 1.09. The van der Waals surface area contributed by atoms with Gasteiger partial charge in [-0.05, 0) is 18.9 Å². The lowest BCUT2D eigenvalue weighted by Gasteiger charge is -2.45. The van der Waals surface area contributed by atoms with E-state index in [0.29, 0.717) is 5.92 Å². The van der Waals surface area contributed by atoms with Crippen molar-refractivity contribution >= 4 is 7.85 Å². The average Bonchev–Trinajstić information content (AvgIpc) is 1.81. The van der Waals surface area contributed by atoms with Gasteiger partial charge in [0.25, 0.3) is 0 Å². The first kappa shape index (κ1) is 7.14. The standard InChI is InChI=1S/C7H14BN/c1-7(8)4-2-6(7)3-5-9/h6H,2-5,9H2,1H3. The highest BCUT2D eigenvalue weighted by Gasteiger charge is 2.36. The third-order valence-corrected chi connectivity index (χ3v) is 2.48. The molecule has 1 rings (SSSR count). The third-order valence-electron chi connectivity index (χ3n) is 2.48. The van der Waals surface area contributed by atoms with Crippen LogP contribution >= 0.6 is 0 Å². The van der Waals surface area contributed by atoms with Gasteiger partial charge in [0, 0.05) is 0 Å². The molecule has 2 atom stereocenters. The summed E-state index contributed by atoms with van der Waals surface area (Å²) in [6.07, 6.45) is 3.56. The van der Waals surface area contributed by atoms with E-state index in [0.717, 1.165) is 13.0 Å². The monoisotopic (exact) mass is 123 g/mol. The van der Waals surface area contributed by atoms with Gasteiger partial charge in [-0.15, -0.1) is 0 Å². The van der Waals surface area contributed by atoms with Crippen LogP contribution in [0.1, 0.15) is 26.2 Å². The Hall–Kier alpha value is 0.0249. The van der Waals surface area contributed by atoms with Crippen LogP contribution in [0, 0.1) is 5.92 Å². The Balaban J connectivity index is 2.28. The lowest BCUT2D eigenvalue weighted by atomic mass is 9.49. The van der Waals surface area contributed by atoms with Crippen molar-refractivity contribution in [2.24, 2.45) is 11.7 Å². The van der Waals surface area contributed by atoms with E-state index in [9.17, 15) is 0 Å². The average molecular weight is 123 g/mol. The maximum absolute atomic E-state index is 5.90. The maximum atomic E-state index is 5.90. The largest absolute Gasteiger partial charge is 0.330 e. The van der Waals surface area contributed by atoms with Gasteiger partial charge in [-0.2, -0.15) is 0 Å². The molecule has 0 heterocycles. The molecule has 0 aromatic carbocycles. The summed E-state index contributed by atoms with van der Waals surface area (Å²) in [6.45, 7) is 2.91. The Bertz CT molecular complexity index is 101. The van der Waals surface area contributed by atoms with Gasteiger partial charge >= 0.3 is 0 Å². The second-order valence-electron chi connectivity index (χ2n) is 3.32. The molecule has 2 radical (unpaired) electrons. The minimum absolute atomic E-state index is 0.110. The number of rotatable bonds is 2. The Morgan fingerprint density at radius 3 is 2.56 bits per heavy atom. The fraction of sp³-hybridized carbons (Fsp3) is 1.00. The summed E-state index contributed by atoms with van der Waals surface area (Å²) < 4.78 is 0. The van der Waals surface area contributed by atoms with Crippen LogP contribution in [-0.4, -0.2) is 14.4 Å². The van der Waals surface area contributed by atoms with E-state index in [4.69, 9.17) is 13.6 Å². The van der Waals surface area contributed by atoms with E-state index in [2.05, 4.69) is 6.92 Å². The van der Waals surface area contributed by atoms with Gasteiger partial charge in [0.05, 0.1) is 7.85 Å². The molecule has 1 fully saturated rings. The van der Waals surface area contributed by atoms with Crippen LogP contribution in [0.3, 0.4) is 0 Å². The predicted molar refractivity (Wildman–Crippen MR) is 40.5 cm³/mol. The fourth-order valence-electron chi connectivity index (χ4n) is 1.48. The highest BCUT2D eigenvalue weighted by molar-refractivity contribution is 6.15. The van der Waals surface area contributed by atoms with Crippen LogP contribution in [0.15, 0.2) is 0 Å². The van der Waals surface area contributed by atoms with E-state index in [1.807, 2.05) is 0 Å². The Morgan fingerprint density at radius 2 is 2.44 bits per heavy atom. The van der Waals surface area contributed by atoms with E-state index in [1.165, 1.54) is 12.8 Å². The van der Waals surface area contributed by atoms with Crippen LogP contribution in [0.25, 0.3) is 0 Å². The lowest BCUT2D eigenvalue weighted by molar-refractivity contribution is 0.206. The zero-order chi connectivity index (χ0) is 6.91. The molecule has 0 aliphatic heterocycles. The van der Waals surface area contributed by atoms with Crippen molar-refractivity contribution in [2.45, 2.75) is 31.5 Å². The molecule has 2 N–H and O–H groups in total. The van der Waals surface area contributed by atoms with Gasteiger partial charge in [-0.1, -0.05) is 25.1 Å². The highest BCUT2D eigenvalue weighted by Crippen LogP contribution is 2.51. The van der Waals surface area contributed by atoms with Crippen molar-refractivity contribution in [2.75, 3.05) is 6.54 Å². The van der Waals surface area contributed by atoms with E-state index < -0.39 is 0 Å². The number of hydrogen-bond acceptors (Lipinski definition) is 1. The minimum atomic E-state index is 0.110. The maximum Gasteiger partial charge on any atom is 0.0746 e. The Labute approximate surface area is 58.4 Å². The molecule has 1 aliphatic rings. The Morgan fingerprint density at radius 1 is 1.78 bits per heavy atom. The zero-order valence-electron chi connectivity index (χ0n) is 6.06. The van der Waals surface area contributed by atoms with Crippen molar-refractivity contribution in [3.05, 3.63) is 0 Å². The minimum Gasteiger partial charge on any atom is -0.330 e. The van der Waals surface area contributed by atoms with Gasteiger partial charge in [0.1, 0.15) is 0 Å². The molecule has 0 spiro atoms. The van der Waals surface area contributed by atoms with Crippen LogP contribution in [0.4, 0.5) is 0 Å². The summed E-state index contributed by atoms with van der Waals surface area (Å²) in [6, 6.07) is 0. The zero-order valence-corrected chi connectivity index (χ0v) is 6.06. The van der Waals surface area contributed by atoms with E-state index in [-0.39, 0.29) is 5.31 Å². The highest BCUT2D eigenvalue weighted by atomic mass is 14.5. The van der Waals surface area contributed by atoms with E-state index >= 15 is 0 Å². The molecule has 0 aromatic rings. The molecule has 0 saturated heterocycles. The van der Waals surface area contributed by atoms with Crippen molar-refractivity contribution in [1.82, 2.24) is 0 Å². The molecule has 1 saturated carbocycles. The first-order chi connectivity index (χ1) is 4.17. The molecular formula is C7H14BN. The molecule has 2 heteroatoms. The van der Waals surface area contributed by atoms with Crippen molar-refractivity contribution in [3.8, 4) is 0 Å². The van der Waals surface area contributed by atoms with Crippen LogP contribution in [0.2, 0.25) is 5.31 Å². The Kier molecular flexibility index (Phi) is 1.85. The molecule has 0 aromatic heterocycles. The molecule has 2 unspecified atom stereocenters. The third kappa shape index (κ3) is 1.29. The molecule has 1 nitrogen and oxygen atoms in total. The smallest absolute Gasteiger partial charge is 0.0746 e. The fourth-order valence-corrected chi connectivity index (χ4v) is 1.48. The molecule has 1 aliphatic carbocycles. The molecule has 9 heavy (non-hydrogen) atoms. The summed E-state index contributed by atoms with van der Waals surface area (Å²) >= 11 is 0. The molecule has 50 valence electrons. The quantitative estimate of drug-likeness (QED) is 0.546.